The van der Waals surface area contributed by atoms with Crippen LogP contribution < -0.4 is 5.32 Å². The van der Waals surface area contributed by atoms with E-state index < -0.39 is 0 Å². The van der Waals surface area contributed by atoms with Crippen LogP contribution in [0.3, 0.4) is 0 Å². The molecule has 1 heterocycles. The first-order chi connectivity index (χ1) is 7.97. The Hall–Kier alpha value is -0.570. The van der Waals surface area contributed by atoms with Crippen molar-refractivity contribution in [1.29, 1.82) is 0 Å². The van der Waals surface area contributed by atoms with E-state index in [-0.39, 0.29) is 17.5 Å². The van der Waals surface area contributed by atoms with Crippen LogP contribution in [0.4, 0.5) is 0 Å². The normalized spacial score (nSPS) is 33.9. The van der Waals surface area contributed by atoms with Crippen molar-refractivity contribution in [2.24, 2.45) is 11.8 Å². The number of ether oxygens (including phenoxy) is 1. The molecule has 1 aliphatic carbocycles. The molecule has 1 unspecified atom stereocenters. The third kappa shape index (κ3) is 3.21. The first-order valence-corrected chi connectivity index (χ1v) is 6.93. The van der Waals surface area contributed by atoms with E-state index in [4.69, 9.17) is 4.74 Å². The highest BCUT2D eigenvalue weighted by Gasteiger charge is 2.41. The number of hydrogen-bond acceptors (Lipinski definition) is 3. The van der Waals surface area contributed by atoms with E-state index in [9.17, 15) is 4.79 Å². The quantitative estimate of drug-likeness (QED) is 0.714. The minimum atomic E-state index is -0.361. The number of carbonyl (C=O) groups is 1. The van der Waals surface area contributed by atoms with E-state index in [1.165, 1.54) is 32.1 Å². The monoisotopic (exact) mass is 239 g/mol. The van der Waals surface area contributed by atoms with Crippen LogP contribution in [0, 0.1) is 11.8 Å². The lowest BCUT2D eigenvalue weighted by Crippen LogP contribution is -2.33. The van der Waals surface area contributed by atoms with Gasteiger partial charge in [0.15, 0.2) is 0 Å². The summed E-state index contributed by atoms with van der Waals surface area (Å²) in [6, 6.07) is 0.551. The first kappa shape index (κ1) is 12.9. The minimum Gasteiger partial charge on any atom is -0.460 e. The van der Waals surface area contributed by atoms with E-state index in [0.717, 1.165) is 6.54 Å². The third-order valence-corrected chi connectivity index (χ3v) is 3.90. The zero-order valence-corrected chi connectivity index (χ0v) is 11.3. The zero-order chi connectivity index (χ0) is 12.5. The van der Waals surface area contributed by atoms with Gasteiger partial charge in [-0.25, -0.2) is 0 Å². The van der Waals surface area contributed by atoms with Crippen molar-refractivity contribution in [3.05, 3.63) is 0 Å². The fraction of sp³-hybridized carbons (Fsp3) is 0.929. The Bertz CT molecular complexity index is 282. The molecule has 0 bridgehead atoms. The highest BCUT2D eigenvalue weighted by atomic mass is 16.6. The van der Waals surface area contributed by atoms with Gasteiger partial charge in [0, 0.05) is 12.6 Å². The lowest BCUT2D eigenvalue weighted by Gasteiger charge is -2.25. The second-order valence-corrected chi connectivity index (χ2v) is 6.46. The topological polar surface area (TPSA) is 38.3 Å². The number of rotatable bonds is 1. The molecular weight excluding hydrogens is 214 g/mol. The minimum absolute atomic E-state index is 0.000556. The molecule has 0 aromatic rings. The van der Waals surface area contributed by atoms with E-state index in [1.54, 1.807) is 0 Å². The maximum absolute atomic E-state index is 12.2. The Morgan fingerprint density at radius 1 is 1.18 bits per heavy atom. The van der Waals surface area contributed by atoms with E-state index in [0.29, 0.717) is 12.0 Å². The summed E-state index contributed by atoms with van der Waals surface area (Å²) in [7, 11) is 0. The number of carbonyl (C=O) groups excluding carboxylic acids is 1. The van der Waals surface area contributed by atoms with E-state index in [1.807, 2.05) is 20.8 Å². The molecule has 3 heteroatoms. The lowest BCUT2D eigenvalue weighted by atomic mass is 9.87. The van der Waals surface area contributed by atoms with Gasteiger partial charge in [0.1, 0.15) is 5.60 Å². The summed E-state index contributed by atoms with van der Waals surface area (Å²) < 4.78 is 5.53. The van der Waals surface area contributed by atoms with Crippen molar-refractivity contribution >= 4 is 5.97 Å². The maximum atomic E-state index is 12.2. The molecule has 3 atom stereocenters. The van der Waals surface area contributed by atoms with Crippen LogP contribution >= 0.6 is 0 Å². The van der Waals surface area contributed by atoms with Crippen molar-refractivity contribution in [3.8, 4) is 0 Å². The first-order valence-electron chi connectivity index (χ1n) is 6.93. The van der Waals surface area contributed by atoms with Crippen LogP contribution in [0.5, 0.6) is 0 Å². The van der Waals surface area contributed by atoms with Gasteiger partial charge in [0.05, 0.1) is 5.92 Å². The molecule has 17 heavy (non-hydrogen) atoms. The SMILES string of the molecule is CC(C)(C)OC(=O)C1CN[C@H]2CCCCC[C@@H]12. The van der Waals surface area contributed by atoms with E-state index in [2.05, 4.69) is 5.32 Å². The number of fused-ring (bicyclic) bond motifs is 1. The third-order valence-electron chi connectivity index (χ3n) is 3.90. The fourth-order valence-corrected chi connectivity index (χ4v) is 3.14. The summed E-state index contributed by atoms with van der Waals surface area (Å²) in [5.74, 6) is 0.587. The molecule has 2 fully saturated rings. The molecular formula is C14H25NO2. The van der Waals surface area contributed by atoms with Crippen LogP contribution in [0.25, 0.3) is 0 Å². The fourth-order valence-electron chi connectivity index (χ4n) is 3.14. The van der Waals surface area contributed by atoms with Gasteiger partial charge >= 0.3 is 5.97 Å². The van der Waals surface area contributed by atoms with Gasteiger partial charge in [-0.2, -0.15) is 0 Å². The van der Waals surface area contributed by atoms with Gasteiger partial charge in [-0.05, 0) is 39.5 Å². The summed E-state index contributed by atoms with van der Waals surface area (Å²) in [6.07, 6.45) is 6.29. The molecule has 3 nitrogen and oxygen atoms in total. The van der Waals surface area contributed by atoms with Gasteiger partial charge in [-0.15, -0.1) is 0 Å². The summed E-state index contributed by atoms with van der Waals surface area (Å²) in [6.45, 7) is 6.64. The summed E-state index contributed by atoms with van der Waals surface area (Å²) in [5.41, 5.74) is -0.361. The Morgan fingerprint density at radius 2 is 1.88 bits per heavy atom. The number of esters is 1. The standard InChI is InChI=1S/C14H25NO2/c1-14(2,3)17-13(16)11-9-15-12-8-6-4-5-7-10(11)12/h10-12,15H,4-9H2,1-3H3/t10-,11?,12-/m0/s1. The Labute approximate surface area is 104 Å². The second-order valence-electron chi connectivity index (χ2n) is 6.46. The molecule has 0 radical (unpaired) electrons. The van der Waals surface area contributed by atoms with Crippen LogP contribution in [-0.2, 0) is 9.53 Å². The Morgan fingerprint density at radius 3 is 2.59 bits per heavy atom. The van der Waals surface area contributed by atoms with Crippen LogP contribution in [0.1, 0.15) is 52.9 Å². The van der Waals surface area contributed by atoms with E-state index >= 15 is 0 Å². The Kier molecular flexibility index (Phi) is 3.76. The molecule has 0 aromatic heterocycles. The van der Waals surface area contributed by atoms with Crippen molar-refractivity contribution in [2.75, 3.05) is 6.54 Å². The zero-order valence-electron chi connectivity index (χ0n) is 11.3. The van der Waals surface area contributed by atoms with Gasteiger partial charge < -0.3 is 10.1 Å². The van der Waals surface area contributed by atoms with Crippen molar-refractivity contribution < 1.29 is 9.53 Å². The maximum Gasteiger partial charge on any atom is 0.311 e. The molecule has 2 aliphatic rings. The predicted molar refractivity (Wildman–Crippen MR) is 67.7 cm³/mol. The molecule has 98 valence electrons. The molecule has 1 aliphatic heterocycles. The molecule has 1 saturated heterocycles. The largest absolute Gasteiger partial charge is 0.460 e. The van der Waals surface area contributed by atoms with Gasteiger partial charge in [-0.1, -0.05) is 19.3 Å². The highest BCUT2D eigenvalue weighted by Crippen LogP contribution is 2.34. The van der Waals surface area contributed by atoms with Crippen LogP contribution in [0.2, 0.25) is 0 Å². The molecule has 2 rings (SSSR count). The Balaban J connectivity index is 1.99. The second kappa shape index (κ2) is 4.97. The summed E-state index contributed by atoms with van der Waals surface area (Å²) >= 11 is 0. The molecule has 1 N–H and O–H groups in total. The van der Waals surface area contributed by atoms with Crippen LogP contribution in [0.15, 0.2) is 0 Å². The van der Waals surface area contributed by atoms with Crippen molar-refractivity contribution in [3.63, 3.8) is 0 Å². The van der Waals surface area contributed by atoms with Crippen molar-refractivity contribution in [2.45, 2.75) is 64.5 Å². The summed E-state index contributed by atoms with van der Waals surface area (Å²) in [5, 5.41) is 3.51. The highest BCUT2D eigenvalue weighted by molar-refractivity contribution is 5.74. The molecule has 1 saturated carbocycles. The van der Waals surface area contributed by atoms with Crippen molar-refractivity contribution in [1.82, 2.24) is 5.32 Å². The average Bonchev–Trinajstić information content (AvgIpc) is 2.46. The lowest BCUT2D eigenvalue weighted by molar-refractivity contribution is -0.160. The smallest absolute Gasteiger partial charge is 0.311 e. The number of nitrogens with one attached hydrogen (secondary N) is 1. The number of hydrogen-bond donors (Lipinski definition) is 1. The molecule has 0 spiro atoms. The summed E-state index contributed by atoms with van der Waals surface area (Å²) in [4.78, 5) is 12.2. The molecule has 0 aromatic carbocycles. The van der Waals surface area contributed by atoms with Crippen LogP contribution in [-0.4, -0.2) is 24.2 Å². The average molecular weight is 239 g/mol. The predicted octanol–water partition coefficient (Wildman–Crippen LogP) is 2.50. The van der Waals surface area contributed by atoms with Gasteiger partial charge in [0.2, 0.25) is 0 Å². The van der Waals surface area contributed by atoms with Gasteiger partial charge in [-0.3, -0.25) is 4.79 Å². The molecule has 0 amide bonds. The van der Waals surface area contributed by atoms with Gasteiger partial charge in [0.25, 0.3) is 0 Å².